The van der Waals surface area contributed by atoms with Crippen molar-refractivity contribution in [2.24, 2.45) is 15.7 Å². The third-order valence-corrected chi connectivity index (χ3v) is 1.52. The van der Waals surface area contributed by atoms with E-state index in [1.54, 1.807) is 6.20 Å². The number of aromatic nitrogens is 2. The van der Waals surface area contributed by atoms with Crippen molar-refractivity contribution in [3.05, 3.63) is 17.7 Å². The van der Waals surface area contributed by atoms with Crippen LogP contribution < -0.4 is 5.73 Å². The van der Waals surface area contributed by atoms with E-state index in [1.807, 2.05) is 34.6 Å². The highest BCUT2D eigenvalue weighted by molar-refractivity contribution is 6.01. The normalized spacial score (nSPS) is 11.8. The highest BCUT2D eigenvalue weighted by Crippen LogP contribution is 2.01. The topological polar surface area (TPSA) is 79.4 Å². The van der Waals surface area contributed by atoms with E-state index >= 15 is 0 Å². The van der Waals surface area contributed by atoms with Crippen LogP contribution in [0, 0.1) is 6.92 Å². The van der Waals surface area contributed by atoms with Gasteiger partial charge in [-0.05, 0) is 20.8 Å². The highest BCUT2D eigenvalue weighted by atomic mass is 15.0. The third-order valence-electron chi connectivity index (χ3n) is 1.52. The average Bonchev–Trinajstić information content (AvgIpc) is 2.67. The predicted octanol–water partition coefficient (Wildman–Crippen LogP) is 1.89. The van der Waals surface area contributed by atoms with Crippen molar-refractivity contribution in [3.8, 4) is 0 Å². The summed E-state index contributed by atoms with van der Waals surface area (Å²) in [6.45, 7) is 9.84. The van der Waals surface area contributed by atoms with E-state index in [2.05, 4.69) is 20.0 Å². The van der Waals surface area contributed by atoms with Gasteiger partial charge in [0.1, 0.15) is 11.5 Å². The Hall–Kier alpha value is -1.65. The molecule has 3 N–H and O–H groups in total. The second-order valence-corrected chi connectivity index (χ2v) is 3.21. The molecule has 0 unspecified atom stereocenters. The van der Waals surface area contributed by atoms with Crippen molar-refractivity contribution >= 4 is 12.2 Å². The second kappa shape index (κ2) is 7.62. The number of aryl methyl sites for hydroxylation is 1. The lowest BCUT2D eigenvalue weighted by Gasteiger charge is -2.00. The minimum Gasteiger partial charge on any atom is -0.390 e. The fourth-order valence-corrected chi connectivity index (χ4v) is 1.02. The van der Waals surface area contributed by atoms with Crippen molar-refractivity contribution in [3.63, 3.8) is 0 Å². The monoisotopic (exact) mass is 223 g/mol. The highest BCUT2D eigenvalue weighted by Gasteiger charge is 2.04. The van der Waals surface area contributed by atoms with E-state index in [0.29, 0.717) is 5.84 Å². The van der Waals surface area contributed by atoms with Crippen LogP contribution in [0.25, 0.3) is 0 Å². The zero-order valence-corrected chi connectivity index (χ0v) is 10.7. The Balaban J connectivity index is 0.00000106. The quantitative estimate of drug-likeness (QED) is 0.593. The van der Waals surface area contributed by atoms with Crippen LogP contribution in [0.3, 0.4) is 0 Å². The van der Waals surface area contributed by atoms with E-state index in [0.717, 1.165) is 11.5 Å². The zero-order chi connectivity index (χ0) is 12.6. The Bertz CT molecular complexity index is 349. The molecular formula is C11H21N5. The van der Waals surface area contributed by atoms with Gasteiger partial charge < -0.3 is 10.7 Å². The molecule has 0 atom stereocenters. The van der Waals surface area contributed by atoms with E-state index in [9.17, 15) is 0 Å². The Labute approximate surface area is 96.9 Å². The first-order valence-electron chi connectivity index (χ1n) is 5.47. The van der Waals surface area contributed by atoms with Gasteiger partial charge >= 0.3 is 0 Å². The van der Waals surface area contributed by atoms with Crippen LogP contribution in [0.2, 0.25) is 0 Å². The Morgan fingerprint density at radius 2 is 2.12 bits per heavy atom. The van der Waals surface area contributed by atoms with Crippen LogP contribution in [0.15, 0.2) is 16.2 Å². The number of aliphatic imine (C=N–C) groups is 2. The summed E-state index contributed by atoms with van der Waals surface area (Å²) in [7, 11) is 0. The number of rotatable bonds is 2. The average molecular weight is 223 g/mol. The minimum atomic E-state index is 0.178. The molecule has 1 aromatic rings. The second-order valence-electron chi connectivity index (χ2n) is 3.21. The molecule has 0 aliphatic carbocycles. The van der Waals surface area contributed by atoms with Crippen molar-refractivity contribution in [2.45, 2.75) is 40.7 Å². The number of hydrogen-bond donors (Lipinski definition) is 2. The molecule has 0 aliphatic heterocycles. The maximum Gasteiger partial charge on any atom is 0.174 e. The molecule has 1 rings (SSSR count). The summed E-state index contributed by atoms with van der Waals surface area (Å²) in [5.41, 5.74) is 6.03. The number of imidazole rings is 1. The summed E-state index contributed by atoms with van der Waals surface area (Å²) >= 11 is 0. The summed E-state index contributed by atoms with van der Waals surface area (Å²) in [5, 5.41) is 0. The van der Waals surface area contributed by atoms with Crippen molar-refractivity contribution < 1.29 is 0 Å². The first-order chi connectivity index (χ1) is 7.63. The van der Waals surface area contributed by atoms with E-state index in [-0.39, 0.29) is 6.04 Å². The number of H-pyrrole nitrogens is 1. The number of aromatic amines is 1. The third kappa shape index (κ3) is 4.72. The predicted molar refractivity (Wildman–Crippen MR) is 69.0 cm³/mol. The van der Waals surface area contributed by atoms with Crippen molar-refractivity contribution in [2.75, 3.05) is 0 Å². The molecule has 0 spiro atoms. The van der Waals surface area contributed by atoms with Crippen LogP contribution >= 0.6 is 0 Å². The maximum atomic E-state index is 5.24. The molecule has 0 aliphatic rings. The first-order valence-corrected chi connectivity index (χ1v) is 5.47. The Kier molecular flexibility index (Phi) is 6.83. The first kappa shape index (κ1) is 14.3. The molecule has 0 radical (unpaired) electrons. The largest absolute Gasteiger partial charge is 0.390 e. The van der Waals surface area contributed by atoms with Crippen LogP contribution in [0.4, 0.5) is 0 Å². The molecule has 0 fully saturated rings. The molecule has 0 amide bonds. The molecule has 1 heterocycles. The summed E-state index contributed by atoms with van der Waals surface area (Å²) in [6.07, 6.45) is 2.93. The summed E-state index contributed by atoms with van der Waals surface area (Å²) < 4.78 is 0. The number of hydrogen-bond acceptors (Lipinski definition) is 2. The number of nitrogens with two attached hydrogens (primary N) is 1. The van der Waals surface area contributed by atoms with E-state index in [4.69, 9.17) is 5.73 Å². The number of nitrogens with one attached hydrogen (secondary N) is 1. The van der Waals surface area contributed by atoms with Gasteiger partial charge in [-0.1, -0.05) is 13.8 Å². The number of amidine groups is 1. The summed E-state index contributed by atoms with van der Waals surface area (Å²) in [4.78, 5) is 15.4. The summed E-state index contributed by atoms with van der Waals surface area (Å²) in [6, 6.07) is 0.178. The molecule has 5 nitrogen and oxygen atoms in total. The van der Waals surface area contributed by atoms with Crippen molar-refractivity contribution in [1.29, 1.82) is 0 Å². The minimum absolute atomic E-state index is 0.178. The Morgan fingerprint density at radius 3 is 2.50 bits per heavy atom. The van der Waals surface area contributed by atoms with Gasteiger partial charge in [0.05, 0.1) is 12.5 Å². The van der Waals surface area contributed by atoms with Gasteiger partial charge in [-0.15, -0.1) is 0 Å². The molecule has 5 heteroatoms. The van der Waals surface area contributed by atoms with E-state index in [1.165, 1.54) is 6.34 Å². The van der Waals surface area contributed by atoms with Crippen LogP contribution in [-0.2, 0) is 0 Å². The molecule has 0 saturated carbocycles. The fourth-order valence-electron chi connectivity index (χ4n) is 1.02. The lowest BCUT2D eigenvalue weighted by molar-refractivity contribution is 0.833. The zero-order valence-electron chi connectivity index (χ0n) is 10.7. The fraction of sp³-hybridized carbons (Fsp3) is 0.545. The number of nitrogens with zero attached hydrogens (tertiary/aromatic N) is 3. The van der Waals surface area contributed by atoms with Crippen LogP contribution in [-0.4, -0.2) is 28.2 Å². The smallest absolute Gasteiger partial charge is 0.174 e. The standard InChI is InChI=1S/C9H15N5.C2H6/c1-6(2)13-9(12-5-10)8-4-11-7(3)14-8;1-2/h4-6H,1-3H3,(H,11,14)(H2,10,12,13);1-2H3. The van der Waals surface area contributed by atoms with E-state index < -0.39 is 0 Å². The SMILES string of the molecule is CC.Cc1ncc(C(N=CN)=NC(C)C)[nH]1. The van der Waals surface area contributed by atoms with Gasteiger partial charge in [0.25, 0.3) is 0 Å². The molecule has 16 heavy (non-hydrogen) atoms. The van der Waals surface area contributed by atoms with Crippen LogP contribution in [0.1, 0.15) is 39.2 Å². The molecule has 90 valence electrons. The molecule has 0 saturated heterocycles. The molecule has 0 aromatic carbocycles. The van der Waals surface area contributed by atoms with Gasteiger partial charge in [-0.25, -0.2) is 9.98 Å². The Morgan fingerprint density at radius 1 is 1.50 bits per heavy atom. The van der Waals surface area contributed by atoms with Gasteiger partial charge in [0.15, 0.2) is 5.84 Å². The van der Waals surface area contributed by atoms with Gasteiger partial charge in [-0.2, -0.15) is 0 Å². The van der Waals surface area contributed by atoms with Crippen LogP contribution in [0.5, 0.6) is 0 Å². The van der Waals surface area contributed by atoms with Crippen molar-refractivity contribution in [1.82, 2.24) is 9.97 Å². The van der Waals surface area contributed by atoms with Gasteiger partial charge in [0, 0.05) is 6.04 Å². The molecule has 1 aromatic heterocycles. The molecular weight excluding hydrogens is 202 g/mol. The van der Waals surface area contributed by atoms with Gasteiger partial charge in [-0.3, -0.25) is 4.99 Å². The lowest BCUT2D eigenvalue weighted by Crippen LogP contribution is -2.05. The summed E-state index contributed by atoms with van der Waals surface area (Å²) in [5.74, 6) is 1.42. The lowest BCUT2D eigenvalue weighted by atomic mass is 10.4. The van der Waals surface area contributed by atoms with Gasteiger partial charge in [0.2, 0.25) is 0 Å². The maximum absolute atomic E-state index is 5.24. The molecule has 0 bridgehead atoms.